The molecule has 0 aromatic carbocycles. The molecule has 1 saturated carbocycles. The molecule has 2 nitrogen and oxygen atoms in total. The summed E-state index contributed by atoms with van der Waals surface area (Å²) < 4.78 is 11.4. The summed E-state index contributed by atoms with van der Waals surface area (Å²) in [6, 6.07) is 0. The fourth-order valence-electron chi connectivity index (χ4n) is 2.79. The van der Waals surface area contributed by atoms with Crippen molar-refractivity contribution in [2.75, 3.05) is 13.2 Å². The fraction of sp³-hybridized carbons (Fsp3) is 0.857. The standard InChI is InChI=1S/C14H24O2/c1-3-4-7-15-11(2)16-10-14-9-12-5-6-13(14)8-12/h5-6,11-14H,3-4,7-10H2,1-2H3. The lowest BCUT2D eigenvalue weighted by atomic mass is 9.95. The lowest BCUT2D eigenvalue weighted by Crippen LogP contribution is -2.21. The molecule has 0 aromatic rings. The smallest absolute Gasteiger partial charge is 0.154 e. The quantitative estimate of drug-likeness (QED) is 0.375. The first-order chi connectivity index (χ1) is 7.79. The molecule has 0 N–H and O–H groups in total. The predicted octanol–water partition coefficient (Wildman–Crippen LogP) is 3.38. The monoisotopic (exact) mass is 224 g/mol. The third kappa shape index (κ3) is 3.08. The average molecular weight is 224 g/mol. The Labute approximate surface area is 99.0 Å². The summed E-state index contributed by atoms with van der Waals surface area (Å²) in [5.74, 6) is 2.37. The van der Waals surface area contributed by atoms with E-state index >= 15 is 0 Å². The molecule has 0 spiro atoms. The molecule has 0 saturated heterocycles. The summed E-state index contributed by atoms with van der Waals surface area (Å²) in [5.41, 5.74) is 0. The van der Waals surface area contributed by atoms with Crippen molar-refractivity contribution in [3.05, 3.63) is 12.2 Å². The highest BCUT2D eigenvalue weighted by atomic mass is 16.7. The van der Waals surface area contributed by atoms with Crippen LogP contribution in [0.1, 0.15) is 39.5 Å². The second-order valence-electron chi connectivity index (χ2n) is 5.17. The SMILES string of the molecule is CCCCOC(C)OCC1CC2C=CC1C2. The van der Waals surface area contributed by atoms with Crippen molar-refractivity contribution in [3.8, 4) is 0 Å². The third-order valence-electron chi connectivity index (χ3n) is 3.81. The Kier molecular flexibility index (Phi) is 4.42. The molecule has 2 bridgehead atoms. The van der Waals surface area contributed by atoms with Gasteiger partial charge in [0.2, 0.25) is 0 Å². The zero-order valence-electron chi connectivity index (χ0n) is 10.5. The predicted molar refractivity (Wildman–Crippen MR) is 65.1 cm³/mol. The number of fused-ring (bicyclic) bond motifs is 2. The van der Waals surface area contributed by atoms with Crippen LogP contribution in [0.2, 0.25) is 0 Å². The van der Waals surface area contributed by atoms with E-state index < -0.39 is 0 Å². The van der Waals surface area contributed by atoms with Crippen molar-refractivity contribution >= 4 is 0 Å². The Morgan fingerprint density at radius 3 is 2.75 bits per heavy atom. The van der Waals surface area contributed by atoms with Crippen molar-refractivity contribution in [2.45, 2.75) is 45.8 Å². The first-order valence-corrected chi connectivity index (χ1v) is 6.71. The molecule has 0 aromatic heterocycles. The number of hydrogen-bond acceptors (Lipinski definition) is 2. The number of allylic oxidation sites excluding steroid dienone is 2. The fourth-order valence-corrected chi connectivity index (χ4v) is 2.79. The van der Waals surface area contributed by atoms with Crippen LogP contribution in [0.15, 0.2) is 12.2 Å². The second-order valence-corrected chi connectivity index (χ2v) is 5.17. The van der Waals surface area contributed by atoms with Gasteiger partial charge in [-0.15, -0.1) is 0 Å². The van der Waals surface area contributed by atoms with Gasteiger partial charge in [0.05, 0.1) is 6.61 Å². The highest BCUT2D eigenvalue weighted by Gasteiger charge is 2.35. The Morgan fingerprint density at radius 1 is 1.25 bits per heavy atom. The molecular weight excluding hydrogens is 200 g/mol. The molecular formula is C14H24O2. The summed E-state index contributed by atoms with van der Waals surface area (Å²) in [5, 5.41) is 0. The van der Waals surface area contributed by atoms with Crippen LogP contribution >= 0.6 is 0 Å². The van der Waals surface area contributed by atoms with Crippen molar-refractivity contribution in [2.24, 2.45) is 17.8 Å². The third-order valence-corrected chi connectivity index (χ3v) is 3.81. The zero-order chi connectivity index (χ0) is 11.4. The van der Waals surface area contributed by atoms with Gasteiger partial charge >= 0.3 is 0 Å². The van der Waals surface area contributed by atoms with Crippen LogP contribution in [0.4, 0.5) is 0 Å². The van der Waals surface area contributed by atoms with Crippen LogP contribution in [-0.2, 0) is 9.47 Å². The molecule has 4 atom stereocenters. The Balaban J connectivity index is 1.59. The minimum atomic E-state index is -0.0327. The molecule has 1 fully saturated rings. The number of unbranched alkanes of at least 4 members (excludes halogenated alkanes) is 1. The van der Waals surface area contributed by atoms with Gasteiger partial charge < -0.3 is 9.47 Å². The minimum absolute atomic E-state index is 0.0327. The molecule has 92 valence electrons. The van der Waals surface area contributed by atoms with Crippen molar-refractivity contribution in [3.63, 3.8) is 0 Å². The van der Waals surface area contributed by atoms with Crippen molar-refractivity contribution in [1.82, 2.24) is 0 Å². The number of ether oxygens (including phenoxy) is 2. The molecule has 2 rings (SSSR count). The number of hydrogen-bond donors (Lipinski definition) is 0. The zero-order valence-corrected chi connectivity index (χ0v) is 10.5. The maximum Gasteiger partial charge on any atom is 0.154 e. The van der Waals surface area contributed by atoms with E-state index in [1.165, 1.54) is 19.3 Å². The van der Waals surface area contributed by atoms with E-state index in [9.17, 15) is 0 Å². The highest BCUT2D eigenvalue weighted by Crippen LogP contribution is 2.43. The van der Waals surface area contributed by atoms with E-state index in [0.29, 0.717) is 0 Å². The first-order valence-electron chi connectivity index (χ1n) is 6.71. The lowest BCUT2D eigenvalue weighted by Gasteiger charge is -2.21. The molecule has 0 heterocycles. The Hall–Kier alpha value is -0.340. The van der Waals surface area contributed by atoms with E-state index in [0.717, 1.165) is 37.4 Å². The highest BCUT2D eigenvalue weighted by molar-refractivity contribution is 5.09. The van der Waals surface area contributed by atoms with Crippen LogP contribution in [-0.4, -0.2) is 19.5 Å². The maximum atomic E-state index is 5.77. The Morgan fingerprint density at radius 2 is 2.12 bits per heavy atom. The molecule has 4 unspecified atom stereocenters. The van der Waals surface area contributed by atoms with E-state index in [-0.39, 0.29) is 6.29 Å². The van der Waals surface area contributed by atoms with Gasteiger partial charge in [0.25, 0.3) is 0 Å². The lowest BCUT2D eigenvalue weighted by molar-refractivity contribution is -0.140. The maximum absolute atomic E-state index is 5.77. The molecule has 2 aliphatic carbocycles. The largest absolute Gasteiger partial charge is 0.353 e. The molecule has 0 aliphatic heterocycles. The second kappa shape index (κ2) is 5.83. The molecule has 16 heavy (non-hydrogen) atoms. The van der Waals surface area contributed by atoms with Gasteiger partial charge in [-0.2, -0.15) is 0 Å². The molecule has 2 aliphatic rings. The molecule has 0 amide bonds. The van der Waals surface area contributed by atoms with Crippen LogP contribution in [0.3, 0.4) is 0 Å². The van der Waals surface area contributed by atoms with E-state index in [2.05, 4.69) is 19.1 Å². The molecule has 2 heteroatoms. The van der Waals surface area contributed by atoms with Gasteiger partial charge in [0, 0.05) is 6.61 Å². The van der Waals surface area contributed by atoms with Gasteiger partial charge in [-0.05, 0) is 43.9 Å². The Bertz CT molecular complexity index is 237. The van der Waals surface area contributed by atoms with E-state index in [4.69, 9.17) is 9.47 Å². The van der Waals surface area contributed by atoms with E-state index in [1.54, 1.807) is 0 Å². The van der Waals surface area contributed by atoms with Gasteiger partial charge in [0.15, 0.2) is 6.29 Å². The van der Waals surface area contributed by atoms with Gasteiger partial charge in [-0.25, -0.2) is 0 Å². The van der Waals surface area contributed by atoms with Crippen molar-refractivity contribution < 1.29 is 9.47 Å². The van der Waals surface area contributed by atoms with Crippen LogP contribution in [0.25, 0.3) is 0 Å². The van der Waals surface area contributed by atoms with Crippen LogP contribution in [0.5, 0.6) is 0 Å². The summed E-state index contributed by atoms with van der Waals surface area (Å²) in [7, 11) is 0. The van der Waals surface area contributed by atoms with Crippen molar-refractivity contribution in [1.29, 1.82) is 0 Å². The summed E-state index contributed by atoms with van der Waals surface area (Å²) in [6.45, 7) is 5.89. The number of rotatable bonds is 7. The molecule has 0 radical (unpaired) electrons. The summed E-state index contributed by atoms with van der Waals surface area (Å²) >= 11 is 0. The topological polar surface area (TPSA) is 18.5 Å². The summed E-state index contributed by atoms with van der Waals surface area (Å²) in [6.07, 6.45) is 9.72. The summed E-state index contributed by atoms with van der Waals surface area (Å²) in [4.78, 5) is 0. The van der Waals surface area contributed by atoms with Gasteiger partial charge in [-0.1, -0.05) is 25.5 Å². The van der Waals surface area contributed by atoms with Crippen LogP contribution < -0.4 is 0 Å². The minimum Gasteiger partial charge on any atom is -0.353 e. The van der Waals surface area contributed by atoms with Gasteiger partial charge in [-0.3, -0.25) is 0 Å². The average Bonchev–Trinajstić information content (AvgIpc) is 2.88. The van der Waals surface area contributed by atoms with Crippen LogP contribution in [0, 0.1) is 17.8 Å². The van der Waals surface area contributed by atoms with E-state index in [1.807, 2.05) is 6.92 Å². The van der Waals surface area contributed by atoms with Gasteiger partial charge in [0.1, 0.15) is 0 Å². The normalized spacial score (nSPS) is 33.5. The first kappa shape index (κ1) is 12.1.